The second kappa shape index (κ2) is 10.6. The average Bonchev–Trinajstić information content (AvgIpc) is 3.67. The summed E-state index contributed by atoms with van der Waals surface area (Å²) in [5.74, 6) is 1.57. The molecule has 11 heteroatoms. The van der Waals surface area contributed by atoms with Crippen molar-refractivity contribution < 1.29 is 18.6 Å². The van der Waals surface area contributed by atoms with Gasteiger partial charge in [0.2, 0.25) is 6.35 Å². The lowest BCUT2D eigenvalue weighted by molar-refractivity contribution is 0.0345. The van der Waals surface area contributed by atoms with E-state index in [0.717, 1.165) is 16.9 Å². The van der Waals surface area contributed by atoms with Crippen molar-refractivity contribution in [3.8, 4) is 34.0 Å². The first-order valence-electron chi connectivity index (χ1n) is 12.4. The van der Waals surface area contributed by atoms with Crippen molar-refractivity contribution in [2.45, 2.75) is 12.9 Å². The van der Waals surface area contributed by atoms with E-state index >= 15 is 0 Å². The van der Waals surface area contributed by atoms with Crippen LogP contribution < -0.4 is 20.1 Å². The number of aromatic nitrogens is 5. The molecule has 2 aromatic carbocycles. The normalized spacial score (nSPS) is 15.0. The fraction of sp³-hybridized carbons (Fsp3) is 0.214. The fourth-order valence-electron chi connectivity index (χ4n) is 4.46. The number of nitrogens with zero attached hydrogens (tertiary/aromatic N) is 5. The average molecular weight is 528 g/mol. The summed E-state index contributed by atoms with van der Waals surface area (Å²) in [4.78, 5) is 14.0. The molecule has 1 saturated heterocycles. The van der Waals surface area contributed by atoms with Crippen LogP contribution in [0.4, 0.5) is 10.2 Å². The number of hydrogen-bond acceptors (Lipinski definition) is 9. The number of nitrogens with one attached hydrogen (secondary N) is 2. The van der Waals surface area contributed by atoms with Gasteiger partial charge in [0.1, 0.15) is 34.8 Å². The van der Waals surface area contributed by atoms with E-state index in [9.17, 15) is 4.39 Å². The Hall–Kier alpha value is -4.61. The molecule has 0 spiro atoms. The number of rotatable bonds is 8. The number of anilines is 1. The predicted molar refractivity (Wildman–Crippen MR) is 144 cm³/mol. The monoisotopic (exact) mass is 527 g/mol. The van der Waals surface area contributed by atoms with Gasteiger partial charge in [-0.3, -0.25) is 5.32 Å². The van der Waals surface area contributed by atoms with E-state index in [0.29, 0.717) is 59.2 Å². The molecule has 39 heavy (non-hydrogen) atoms. The molecule has 5 aromatic rings. The molecule has 0 aliphatic carbocycles. The van der Waals surface area contributed by atoms with Crippen LogP contribution in [-0.2, 0) is 11.3 Å². The summed E-state index contributed by atoms with van der Waals surface area (Å²) in [5.41, 5.74) is 4.88. The van der Waals surface area contributed by atoms with Gasteiger partial charge >= 0.3 is 0 Å². The standard InChI is InChI=1S/C28H26FN7O3/c1-37-20-9-3-17(4-10-20)14-31-27-23(38-2)13-22-26(34-27)25(33-16-32-22)21-15-36(28-30-11-12-39-28)35-24(21)18-5-7-19(29)8-6-18/h3-10,13,15-16,28,30H,11-12,14H2,1-2H3,(H,31,34). The molecule has 0 saturated carbocycles. The van der Waals surface area contributed by atoms with E-state index in [4.69, 9.17) is 24.3 Å². The van der Waals surface area contributed by atoms with E-state index in [1.165, 1.54) is 18.5 Å². The Bertz CT molecular complexity index is 1600. The first kappa shape index (κ1) is 24.7. The smallest absolute Gasteiger partial charge is 0.206 e. The third kappa shape index (κ3) is 4.97. The highest BCUT2D eigenvalue weighted by Gasteiger charge is 2.24. The molecule has 1 unspecified atom stereocenters. The van der Waals surface area contributed by atoms with Crippen molar-refractivity contribution in [3.63, 3.8) is 0 Å². The molecule has 2 N–H and O–H groups in total. The minimum atomic E-state index is -0.416. The van der Waals surface area contributed by atoms with Gasteiger partial charge < -0.3 is 19.5 Å². The van der Waals surface area contributed by atoms with Gasteiger partial charge in [-0.15, -0.1) is 0 Å². The Morgan fingerprint density at radius 2 is 1.87 bits per heavy atom. The molecule has 4 heterocycles. The second-order valence-corrected chi connectivity index (χ2v) is 8.89. The zero-order chi connectivity index (χ0) is 26.8. The van der Waals surface area contributed by atoms with Crippen LogP contribution in [0.2, 0.25) is 0 Å². The van der Waals surface area contributed by atoms with Crippen molar-refractivity contribution in [1.29, 1.82) is 0 Å². The van der Waals surface area contributed by atoms with Crippen LogP contribution in [0.3, 0.4) is 0 Å². The number of benzene rings is 2. The zero-order valence-electron chi connectivity index (χ0n) is 21.4. The highest BCUT2D eigenvalue weighted by atomic mass is 19.1. The number of methoxy groups -OCH3 is 2. The topological polar surface area (TPSA) is 108 Å². The van der Waals surface area contributed by atoms with Crippen LogP contribution >= 0.6 is 0 Å². The van der Waals surface area contributed by atoms with Crippen LogP contribution in [0.1, 0.15) is 11.9 Å². The summed E-state index contributed by atoms with van der Waals surface area (Å²) in [7, 11) is 3.23. The molecule has 1 atom stereocenters. The lowest BCUT2D eigenvalue weighted by Crippen LogP contribution is -2.21. The molecule has 6 rings (SSSR count). The summed E-state index contributed by atoms with van der Waals surface area (Å²) in [6.07, 6.45) is 2.93. The van der Waals surface area contributed by atoms with E-state index in [1.807, 2.05) is 36.5 Å². The van der Waals surface area contributed by atoms with E-state index in [2.05, 4.69) is 20.6 Å². The number of halogens is 1. The van der Waals surface area contributed by atoms with Gasteiger partial charge in [0.25, 0.3) is 0 Å². The van der Waals surface area contributed by atoms with Crippen molar-refractivity contribution in [2.24, 2.45) is 0 Å². The molecule has 1 aliphatic heterocycles. The third-order valence-corrected chi connectivity index (χ3v) is 6.46. The number of ether oxygens (including phenoxy) is 3. The Morgan fingerprint density at radius 1 is 1.05 bits per heavy atom. The highest BCUT2D eigenvalue weighted by Crippen LogP contribution is 2.36. The number of pyridine rings is 1. The summed E-state index contributed by atoms with van der Waals surface area (Å²) in [6, 6.07) is 15.8. The number of fused-ring (bicyclic) bond motifs is 1. The van der Waals surface area contributed by atoms with Gasteiger partial charge in [-0.1, -0.05) is 12.1 Å². The maximum atomic E-state index is 13.7. The molecule has 1 fully saturated rings. The molecular formula is C28H26FN7O3. The Kier molecular flexibility index (Phi) is 6.74. The lowest BCUT2D eigenvalue weighted by atomic mass is 10.0. The van der Waals surface area contributed by atoms with Crippen LogP contribution in [0.15, 0.2) is 67.1 Å². The quantitative estimate of drug-likeness (QED) is 0.304. The van der Waals surface area contributed by atoms with E-state index in [1.54, 1.807) is 31.0 Å². The molecule has 3 aromatic heterocycles. The molecule has 10 nitrogen and oxygen atoms in total. The first-order valence-corrected chi connectivity index (χ1v) is 12.4. The SMILES string of the molecule is COc1ccc(CNc2nc3c(-c4cn(C5NCCO5)nc4-c4ccc(F)cc4)ncnc3cc2OC)cc1. The van der Waals surface area contributed by atoms with Crippen LogP contribution in [-0.4, -0.2) is 52.1 Å². The molecular weight excluding hydrogens is 501 g/mol. The summed E-state index contributed by atoms with van der Waals surface area (Å²) in [6.45, 7) is 1.81. The van der Waals surface area contributed by atoms with Crippen LogP contribution in [0, 0.1) is 5.82 Å². The highest BCUT2D eigenvalue weighted by molar-refractivity contribution is 5.94. The van der Waals surface area contributed by atoms with Gasteiger partial charge in [0.05, 0.1) is 26.3 Å². The van der Waals surface area contributed by atoms with E-state index < -0.39 is 6.35 Å². The maximum Gasteiger partial charge on any atom is 0.206 e. The Morgan fingerprint density at radius 3 is 2.59 bits per heavy atom. The molecule has 1 aliphatic rings. The lowest BCUT2D eigenvalue weighted by Gasteiger charge is -2.13. The molecule has 0 radical (unpaired) electrons. The third-order valence-electron chi connectivity index (χ3n) is 6.46. The summed E-state index contributed by atoms with van der Waals surface area (Å²) >= 11 is 0. The Balaban J connectivity index is 1.44. The minimum absolute atomic E-state index is 0.325. The minimum Gasteiger partial charge on any atom is -0.497 e. The van der Waals surface area contributed by atoms with Crippen molar-refractivity contribution in [3.05, 3.63) is 78.5 Å². The van der Waals surface area contributed by atoms with Gasteiger partial charge in [-0.25, -0.2) is 24.0 Å². The first-order chi connectivity index (χ1) is 19.1. The fourth-order valence-corrected chi connectivity index (χ4v) is 4.46. The van der Waals surface area contributed by atoms with Crippen LogP contribution in [0.25, 0.3) is 33.5 Å². The van der Waals surface area contributed by atoms with Crippen molar-refractivity contribution in [2.75, 3.05) is 32.7 Å². The van der Waals surface area contributed by atoms with Crippen LogP contribution in [0.5, 0.6) is 11.5 Å². The van der Waals surface area contributed by atoms with Gasteiger partial charge in [0, 0.05) is 36.5 Å². The zero-order valence-corrected chi connectivity index (χ0v) is 21.4. The van der Waals surface area contributed by atoms with Gasteiger partial charge in [-0.05, 0) is 42.0 Å². The maximum absolute atomic E-state index is 13.7. The molecule has 0 bridgehead atoms. The summed E-state index contributed by atoms with van der Waals surface area (Å²) in [5, 5.41) is 11.4. The number of hydrogen-bond donors (Lipinski definition) is 2. The van der Waals surface area contributed by atoms with E-state index in [-0.39, 0.29) is 5.82 Å². The van der Waals surface area contributed by atoms with Crippen molar-refractivity contribution >= 4 is 16.9 Å². The van der Waals surface area contributed by atoms with Crippen molar-refractivity contribution in [1.82, 2.24) is 30.0 Å². The van der Waals surface area contributed by atoms with Gasteiger partial charge in [0.15, 0.2) is 11.6 Å². The molecule has 0 amide bonds. The summed E-state index contributed by atoms with van der Waals surface area (Å²) < 4.78 is 32.1. The predicted octanol–water partition coefficient (Wildman–Crippen LogP) is 4.40. The second-order valence-electron chi connectivity index (χ2n) is 8.89. The van der Waals surface area contributed by atoms with Gasteiger partial charge in [-0.2, -0.15) is 5.10 Å². The molecule has 198 valence electrons. The Labute approximate surface area is 223 Å². The largest absolute Gasteiger partial charge is 0.497 e.